The molecule has 58 heavy (non-hydrogen) atoms. The highest BCUT2D eigenvalue weighted by Crippen LogP contribution is 2.42. The number of carbonyl (C=O) groups is 6. The van der Waals surface area contributed by atoms with Gasteiger partial charge in [0.05, 0.1) is 34.5 Å². The van der Waals surface area contributed by atoms with Gasteiger partial charge >= 0.3 is 0 Å². The van der Waals surface area contributed by atoms with Gasteiger partial charge in [0.15, 0.2) is 11.4 Å². The van der Waals surface area contributed by atoms with E-state index in [0.717, 1.165) is 44.9 Å². The van der Waals surface area contributed by atoms with Crippen molar-refractivity contribution in [2.24, 2.45) is 22.4 Å². The minimum absolute atomic E-state index is 0.0108. The number of Topliss-reactive ketones (excluding diaryl/α,β-unsaturated/α-hetero) is 2. The summed E-state index contributed by atoms with van der Waals surface area (Å²) >= 11 is 13.1. The molecule has 3 heterocycles. The highest BCUT2D eigenvalue weighted by Gasteiger charge is 2.56. The van der Waals surface area contributed by atoms with E-state index in [-0.39, 0.29) is 55.7 Å². The van der Waals surface area contributed by atoms with Crippen LogP contribution in [0.2, 0.25) is 10.0 Å². The molecule has 3 fully saturated rings. The maximum absolute atomic E-state index is 15.0. The van der Waals surface area contributed by atoms with Crippen molar-refractivity contribution in [3.05, 3.63) is 58.1 Å². The molecular weight excluding hydrogens is 785 g/mol. The van der Waals surface area contributed by atoms with Gasteiger partial charge in [-0.05, 0) is 55.6 Å². The summed E-state index contributed by atoms with van der Waals surface area (Å²) in [7, 11) is 0. The van der Waals surface area contributed by atoms with Gasteiger partial charge in [-0.1, -0.05) is 87.8 Å². The SMILES string of the molecule is CCC[C@H](NC(=O)[C@@H]1C[C@@]2(CC(c3c(Cl)cccc3Cl)=NO2)CN1C(=O)[C@@H](NC(=O)[C@@H](CC(=O)c1cnccn1)C1CCCCC1)C(C)(C)C)C(=O)C(=O)NC1CC1. The highest BCUT2D eigenvalue weighted by molar-refractivity contribution is 6.40. The Balaban J connectivity index is 1.29. The second-order valence-corrected chi connectivity index (χ2v) is 18.1. The fourth-order valence-corrected chi connectivity index (χ4v) is 8.94. The topological polar surface area (TPSA) is 189 Å². The van der Waals surface area contributed by atoms with Crippen LogP contribution in [0, 0.1) is 17.3 Å². The molecule has 312 valence electrons. The smallest absolute Gasteiger partial charge is 0.289 e. The van der Waals surface area contributed by atoms with Crippen LogP contribution in [0.1, 0.15) is 121 Å². The van der Waals surface area contributed by atoms with Crippen LogP contribution in [0.5, 0.6) is 0 Å². The number of amides is 4. The third kappa shape index (κ3) is 10.0. The van der Waals surface area contributed by atoms with Crippen molar-refractivity contribution in [1.29, 1.82) is 0 Å². The van der Waals surface area contributed by atoms with Crippen LogP contribution in [0.3, 0.4) is 0 Å². The van der Waals surface area contributed by atoms with E-state index in [2.05, 4.69) is 31.1 Å². The van der Waals surface area contributed by atoms with Crippen LogP contribution < -0.4 is 16.0 Å². The highest BCUT2D eigenvalue weighted by atomic mass is 35.5. The number of nitrogens with zero attached hydrogens (tertiary/aromatic N) is 4. The van der Waals surface area contributed by atoms with Gasteiger partial charge in [0.25, 0.3) is 5.91 Å². The summed E-state index contributed by atoms with van der Waals surface area (Å²) in [5.41, 5.74) is -0.946. The van der Waals surface area contributed by atoms with Crippen LogP contribution in [0.25, 0.3) is 0 Å². The molecule has 3 N–H and O–H groups in total. The normalized spacial score (nSPS) is 22.3. The van der Waals surface area contributed by atoms with Crippen LogP contribution >= 0.6 is 23.2 Å². The van der Waals surface area contributed by atoms with E-state index in [1.165, 1.54) is 23.5 Å². The number of nitrogens with one attached hydrogen (secondary N) is 3. The summed E-state index contributed by atoms with van der Waals surface area (Å²) in [5, 5.41) is 13.6. The molecule has 4 aliphatic rings. The summed E-state index contributed by atoms with van der Waals surface area (Å²) in [6.07, 6.45) is 11.1. The number of oxime groups is 1. The number of likely N-dealkylation sites (tertiary alicyclic amines) is 1. The number of aromatic nitrogens is 2. The molecule has 5 atom stereocenters. The van der Waals surface area contributed by atoms with E-state index in [0.29, 0.717) is 27.7 Å². The van der Waals surface area contributed by atoms with Crippen molar-refractivity contribution in [1.82, 2.24) is 30.8 Å². The maximum atomic E-state index is 15.0. The van der Waals surface area contributed by atoms with Gasteiger partial charge in [-0.25, -0.2) is 4.98 Å². The van der Waals surface area contributed by atoms with Crippen molar-refractivity contribution in [3.8, 4) is 0 Å². The van der Waals surface area contributed by atoms with E-state index < -0.39 is 64.5 Å². The van der Waals surface area contributed by atoms with Crippen LogP contribution in [-0.4, -0.2) is 92.1 Å². The molecule has 1 aromatic carbocycles. The molecule has 1 spiro atoms. The number of hydrogen-bond acceptors (Lipinski definition) is 10. The fraction of sp³-hybridized carbons (Fsp3) is 0.595. The van der Waals surface area contributed by atoms with E-state index in [1.54, 1.807) is 18.2 Å². The Labute approximate surface area is 349 Å². The second-order valence-electron chi connectivity index (χ2n) is 17.3. The number of carbonyl (C=O) groups excluding carboxylic acids is 6. The molecule has 4 amide bonds. The molecule has 14 nitrogen and oxygen atoms in total. The van der Waals surface area contributed by atoms with Crippen molar-refractivity contribution in [2.75, 3.05) is 6.54 Å². The Morgan fingerprint density at radius 3 is 2.31 bits per heavy atom. The molecule has 6 rings (SSSR count). The van der Waals surface area contributed by atoms with Crippen molar-refractivity contribution in [3.63, 3.8) is 0 Å². The number of halogens is 2. The number of benzene rings is 1. The monoisotopic (exact) mass is 837 g/mol. The standard InChI is InChI=1S/C42H53Cl2N7O7/c1-5-10-29(35(53)39(56)47-25-15-16-25)48-38(55)32-21-42(20-30(50-58-42)34-27(43)13-9-14-28(34)44)23-51(32)40(57)36(41(2,3)4)49-37(54)26(24-11-7-6-8-12-24)19-33(52)31-22-45-17-18-46-31/h9,13-14,17-18,22,24-26,29,32,36H,5-8,10-12,15-16,19-21,23H2,1-4H3,(H,47,56)(H,48,55)(H,49,54)/t26-,29-,32-,36+,42-/m0/s1. The Morgan fingerprint density at radius 2 is 1.69 bits per heavy atom. The average Bonchev–Trinajstić information content (AvgIpc) is 3.80. The number of hydrogen-bond donors (Lipinski definition) is 3. The fourth-order valence-electron chi connectivity index (χ4n) is 8.33. The number of ketones is 2. The zero-order valence-corrected chi connectivity index (χ0v) is 35.0. The van der Waals surface area contributed by atoms with Gasteiger partial charge in [-0.2, -0.15) is 0 Å². The Hall–Kier alpha value is -4.43. The second kappa shape index (κ2) is 18.2. The van der Waals surface area contributed by atoms with Crippen molar-refractivity contribution < 1.29 is 33.6 Å². The molecule has 2 saturated carbocycles. The molecule has 0 unspecified atom stereocenters. The van der Waals surface area contributed by atoms with Crippen LogP contribution in [0.4, 0.5) is 0 Å². The Morgan fingerprint density at radius 1 is 0.983 bits per heavy atom. The first kappa shape index (κ1) is 43.2. The molecule has 1 aromatic heterocycles. The van der Waals surface area contributed by atoms with Gasteiger partial charge in [-0.15, -0.1) is 0 Å². The molecular formula is C42H53Cl2N7O7. The lowest BCUT2D eigenvalue weighted by Crippen LogP contribution is -2.60. The Kier molecular flexibility index (Phi) is 13.6. The lowest BCUT2D eigenvalue weighted by Gasteiger charge is -2.37. The quantitative estimate of drug-likeness (QED) is 0.156. The van der Waals surface area contributed by atoms with E-state index in [9.17, 15) is 24.0 Å². The first-order chi connectivity index (χ1) is 27.6. The van der Waals surface area contributed by atoms with E-state index in [1.807, 2.05) is 27.7 Å². The van der Waals surface area contributed by atoms with Gasteiger partial charge in [0.2, 0.25) is 23.5 Å². The minimum atomic E-state index is -1.18. The molecule has 2 aliphatic carbocycles. The van der Waals surface area contributed by atoms with Crippen molar-refractivity contribution in [2.45, 2.75) is 135 Å². The lowest BCUT2D eigenvalue weighted by atomic mass is 9.76. The van der Waals surface area contributed by atoms with Gasteiger partial charge < -0.3 is 25.7 Å². The minimum Gasteiger partial charge on any atom is -0.387 e. The van der Waals surface area contributed by atoms with Gasteiger partial charge in [-0.3, -0.25) is 33.8 Å². The van der Waals surface area contributed by atoms with Gasteiger partial charge in [0, 0.05) is 49.2 Å². The average molecular weight is 839 g/mol. The summed E-state index contributed by atoms with van der Waals surface area (Å²) in [5.74, 6) is -4.25. The maximum Gasteiger partial charge on any atom is 0.289 e. The zero-order chi connectivity index (χ0) is 41.8. The first-order valence-corrected chi connectivity index (χ1v) is 21.1. The summed E-state index contributed by atoms with van der Waals surface area (Å²) in [6.45, 7) is 7.20. The molecule has 1 saturated heterocycles. The molecule has 0 bridgehead atoms. The predicted octanol–water partition coefficient (Wildman–Crippen LogP) is 5.38. The summed E-state index contributed by atoms with van der Waals surface area (Å²) in [4.78, 5) is 99.2. The Bertz CT molecular complexity index is 1910. The van der Waals surface area contributed by atoms with Crippen LogP contribution in [-0.2, 0) is 28.8 Å². The van der Waals surface area contributed by atoms with Gasteiger partial charge in [0.1, 0.15) is 17.8 Å². The predicted molar refractivity (Wildman–Crippen MR) is 217 cm³/mol. The van der Waals surface area contributed by atoms with Crippen LogP contribution in [0.15, 0.2) is 41.9 Å². The molecule has 0 radical (unpaired) electrons. The summed E-state index contributed by atoms with van der Waals surface area (Å²) < 4.78 is 0. The van der Waals surface area contributed by atoms with E-state index >= 15 is 4.79 Å². The molecule has 2 aromatic rings. The lowest BCUT2D eigenvalue weighted by molar-refractivity contribution is -0.146. The largest absolute Gasteiger partial charge is 0.387 e. The third-order valence-corrected chi connectivity index (χ3v) is 12.3. The zero-order valence-electron chi connectivity index (χ0n) is 33.5. The molecule has 2 aliphatic heterocycles. The number of rotatable bonds is 15. The van der Waals surface area contributed by atoms with Crippen molar-refractivity contribution >= 4 is 64.1 Å². The third-order valence-electron chi connectivity index (χ3n) is 11.6. The van der Waals surface area contributed by atoms with E-state index in [4.69, 9.17) is 28.0 Å². The molecule has 16 heteroatoms. The summed E-state index contributed by atoms with van der Waals surface area (Å²) in [6, 6.07) is 1.59. The first-order valence-electron chi connectivity index (χ1n) is 20.4.